The molecule has 0 N–H and O–H groups in total. The summed E-state index contributed by atoms with van der Waals surface area (Å²) >= 11 is 0. The first-order valence-corrected chi connectivity index (χ1v) is 4.67. The smallest absolute Gasteiger partial charge is 0.294 e. The molecule has 16 heavy (non-hydrogen) atoms. The molecule has 80 valence electrons. The van der Waals surface area contributed by atoms with Crippen molar-refractivity contribution in [3.63, 3.8) is 0 Å². The third-order valence-electron chi connectivity index (χ3n) is 2.38. The SMILES string of the molecule is CC(=O)c1ccc2c(c1C(C)=O)C(=O)N=N2. The van der Waals surface area contributed by atoms with Gasteiger partial charge in [0.2, 0.25) is 0 Å². The number of nitrogens with zero attached hydrogens (tertiary/aromatic N) is 2. The number of hydrogen-bond acceptors (Lipinski definition) is 4. The Labute approximate surface area is 91.2 Å². The Bertz CT molecular complexity index is 559. The number of amides is 1. The number of benzene rings is 1. The summed E-state index contributed by atoms with van der Waals surface area (Å²) < 4.78 is 0. The van der Waals surface area contributed by atoms with E-state index in [2.05, 4.69) is 10.2 Å². The Hall–Kier alpha value is -2.17. The first-order valence-electron chi connectivity index (χ1n) is 4.67. The van der Waals surface area contributed by atoms with Gasteiger partial charge in [-0.2, -0.15) is 0 Å². The van der Waals surface area contributed by atoms with E-state index in [4.69, 9.17) is 0 Å². The van der Waals surface area contributed by atoms with Crippen molar-refractivity contribution in [1.82, 2.24) is 0 Å². The molecule has 0 atom stereocenters. The van der Waals surface area contributed by atoms with Gasteiger partial charge in [0.25, 0.3) is 5.91 Å². The van der Waals surface area contributed by atoms with Crippen LogP contribution in [0.4, 0.5) is 5.69 Å². The molecule has 0 unspecified atom stereocenters. The van der Waals surface area contributed by atoms with E-state index in [0.29, 0.717) is 5.69 Å². The lowest BCUT2D eigenvalue weighted by Crippen LogP contribution is -2.09. The van der Waals surface area contributed by atoms with E-state index in [1.54, 1.807) is 0 Å². The second-order valence-corrected chi connectivity index (χ2v) is 3.50. The maximum Gasteiger partial charge on any atom is 0.298 e. The van der Waals surface area contributed by atoms with Gasteiger partial charge in [0, 0.05) is 11.1 Å². The van der Waals surface area contributed by atoms with Gasteiger partial charge < -0.3 is 0 Å². The fourth-order valence-electron chi connectivity index (χ4n) is 1.70. The molecule has 0 radical (unpaired) electrons. The Kier molecular flexibility index (Phi) is 2.23. The molecular weight excluding hydrogens is 208 g/mol. The van der Waals surface area contributed by atoms with Crippen LogP contribution in [0.1, 0.15) is 44.9 Å². The second-order valence-electron chi connectivity index (χ2n) is 3.50. The standard InChI is InChI=1S/C11H8N2O3/c1-5(14)7-3-4-8-10(9(7)6(2)15)11(16)13-12-8/h3-4H,1-2H3. The van der Waals surface area contributed by atoms with Crippen molar-refractivity contribution in [2.75, 3.05) is 0 Å². The van der Waals surface area contributed by atoms with E-state index in [9.17, 15) is 14.4 Å². The zero-order chi connectivity index (χ0) is 11.9. The van der Waals surface area contributed by atoms with Gasteiger partial charge in [-0.15, -0.1) is 10.2 Å². The van der Waals surface area contributed by atoms with E-state index >= 15 is 0 Å². The molecule has 1 aliphatic heterocycles. The summed E-state index contributed by atoms with van der Waals surface area (Å²) in [6.07, 6.45) is 0. The van der Waals surface area contributed by atoms with Crippen LogP contribution < -0.4 is 0 Å². The van der Waals surface area contributed by atoms with Crippen molar-refractivity contribution in [3.05, 3.63) is 28.8 Å². The molecule has 5 nitrogen and oxygen atoms in total. The summed E-state index contributed by atoms with van der Waals surface area (Å²) in [4.78, 5) is 34.3. The number of ketones is 2. The zero-order valence-electron chi connectivity index (χ0n) is 8.77. The second kappa shape index (κ2) is 3.44. The monoisotopic (exact) mass is 216 g/mol. The number of carbonyl (C=O) groups is 3. The van der Waals surface area contributed by atoms with Gasteiger partial charge in [-0.3, -0.25) is 14.4 Å². The molecule has 1 heterocycles. The van der Waals surface area contributed by atoms with Gasteiger partial charge in [-0.1, -0.05) is 0 Å². The van der Waals surface area contributed by atoms with Gasteiger partial charge >= 0.3 is 0 Å². The van der Waals surface area contributed by atoms with E-state index in [1.165, 1.54) is 26.0 Å². The Morgan fingerprint density at radius 1 is 1.06 bits per heavy atom. The number of rotatable bonds is 2. The molecule has 0 aliphatic carbocycles. The highest BCUT2D eigenvalue weighted by molar-refractivity contribution is 6.17. The van der Waals surface area contributed by atoms with Crippen molar-refractivity contribution in [2.24, 2.45) is 10.2 Å². The predicted molar refractivity (Wildman–Crippen MR) is 55.3 cm³/mol. The van der Waals surface area contributed by atoms with E-state index in [0.717, 1.165) is 0 Å². The number of hydrogen-bond donors (Lipinski definition) is 0. The molecule has 0 bridgehead atoms. The quantitative estimate of drug-likeness (QED) is 0.712. The van der Waals surface area contributed by atoms with E-state index in [-0.39, 0.29) is 28.3 Å². The molecule has 1 aromatic rings. The molecule has 1 amide bonds. The molecule has 0 fully saturated rings. The van der Waals surface area contributed by atoms with Crippen LogP contribution in [-0.4, -0.2) is 17.5 Å². The number of azo groups is 1. The first-order chi connectivity index (χ1) is 7.52. The lowest BCUT2D eigenvalue weighted by molar-refractivity contribution is 0.0966. The molecule has 1 aliphatic rings. The van der Waals surface area contributed by atoms with Crippen LogP contribution in [0.2, 0.25) is 0 Å². The Morgan fingerprint density at radius 3 is 2.31 bits per heavy atom. The fourth-order valence-corrected chi connectivity index (χ4v) is 1.70. The van der Waals surface area contributed by atoms with Crippen LogP contribution in [0.15, 0.2) is 22.4 Å². The minimum Gasteiger partial charge on any atom is -0.294 e. The summed E-state index contributed by atoms with van der Waals surface area (Å²) in [6.45, 7) is 2.66. The van der Waals surface area contributed by atoms with Crippen LogP contribution in [0.3, 0.4) is 0 Å². The molecule has 0 saturated carbocycles. The number of fused-ring (bicyclic) bond motifs is 1. The maximum absolute atomic E-state index is 11.5. The van der Waals surface area contributed by atoms with Crippen LogP contribution in [-0.2, 0) is 0 Å². The molecule has 5 heteroatoms. The van der Waals surface area contributed by atoms with Crippen LogP contribution in [0.25, 0.3) is 0 Å². The van der Waals surface area contributed by atoms with Gasteiger partial charge in [-0.05, 0) is 26.0 Å². The lowest BCUT2D eigenvalue weighted by atomic mass is 9.94. The predicted octanol–water partition coefficient (Wildman–Crippen LogP) is 2.33. The average molecular weight is 216 g/mol. The molecule has 1 aromatic carbocycles. The largest absolute Gasteiger partial charge is 0.298 e. The Morgan fingerprint density at radius 2 is 1.75 bits per heavy atom. The third-order valence-corrected chi connectivity index (χ3v) is 2.38. The van der Waals surface area contributed by atoms with Crippen molar-refractivity contribution in [1.29, 1.82) is 0 Å². The summed E-state index contributed by atoms with van der Waals surface area (Å²) in [5, 5.41) is 7.01. The minimum absolute atomic E-state index is 0.125. The summed E-state index contributed by atoms with van der Waals surface area (Å²) in [5.74, 6) is -1.15. The highest BCUT2D eigenvalue weighted by atomic mass is 16.2. The normalized spacial score (nSPS) is 12.8. The highest BCUT2D eigenvalue weighted by Gasteiger charge is 2.27. The van der Waals surface area contributed by atoms with E-state index < -0.39 is 5.91 Å². The van der Waals surface area contributed by atoms with E-state index in [1.807, 2.05) is 0 Å². The van der Waals surface area contributed by atoms with Crippen LogP contribution >= 0.6 is 0 Å². The highest BCUT2D eigenvalue weighted by Crippen LogP contribution is 2.32. The molecular formula is C11H8N2O3. The average Bonchev–Trinajstić information content (AvgIpc) is 2.59. The summed E-state index contributed by atoms with van der Waals surface area (Å²) in [7, 11) is 0. The Balaban J connectivity index is 2.80. The van der Waals surface area contributed by atoms with Crippen molar-refractivity contribution in [3.8, 4) is 0 Å². The topological polar surface area (TPSA) is 75.9 Å². The summed E-state index contributed by atoms with van der Waals surface area (Å²) in [5.41, 5.74) is 0.854. The molecule has 0 spiro atoms. The van der Waals surface area contributed by atoms with Gasteiger partial charge in [-0.25, -0.2) is 0 Å². The van der Waals surface area contributed by atoms with Gasteiger partial charge in [0.05, 0.1) is 11.3 Å². The maximum atomic E-state index is 11.5. The van der Waals surface area contributed by atoms with Crippen LogP contribution in [0, 0.1) is 0 Å². The van der Waals surface area contributed by atoms with Crippen molar-refractivity contribution < 1.29 is 14.4 Å². The minimum atomic E-state index is -0.566. The number of Topliss-reactive ketones (excluding diaryl/α,β-unsaturated/α-hetero) is 2. The molecule has 2 rings (SSSR count). The van der Waals surface area contributed by atoms with Crippen molar-refractivity contribution >= 4 is 23.2 Å². The van der Waals surface area contributed by atoms with Gasteiger partial charge in [0.15, 0.2) is 11.6 Å². The summed E-state index contributed by atoms with van der Waals surface area (Å²) in [6, 6.07) is 3.02. The molecule has 0 saturated heterocycles. The number of carbonyl (C=O) groups excluding carboxylic acids is 3. The van der Waals surface area contributed by atoms with Gasteiger partial charge in [0.1, 0.15) is 0 Å². The zero-order valence-corrected chi connectivity index (χ0v) is 8.77. The van der Waals surface area contributed by atoms with Crippen molar-refractivity contribution in [2.45, 2.75) is 13.8 Å². The fraction of sp³-hybridized carbons (Fsp3) is 0.182. The third kappa shape index (κ3) is 1.37. The van der Waals surface area contributed by atoms with Crippen LogP contribution in [0.5, 0.6) is 0 Å². The lowest BCUT2D eigenvalue weighted by Gasteiger charge is -2.06. The molecule has 0 aromatic heterocycles. The first kappa shape index (κ1) is 10.4.